The van der Waals surface area contributed by atoms with E-state index in [4.69, 9.17) is 16.3 Å². The Bertz CT molecular complexity index is 313. The van der Waals surface area contributed by atoms with Gasteiger partial charge >= 0.3 is 0 Å². The monoisotopic (exact) mass is 218 g/mol. The smallest absolute Gasteiger partial charge is 0.118 e. The molecule has 2 nitrogen and oxygen atoms in total. The van der Waals surface area contributed by atoms with Crippen molar-refractivity contribution < 1.29 is 9.84 Å². The number of hydrogen-bond donors (Lipinski definition) is 1. The van der Waals surface area contributed by atoms with Gasteiger partial charge in [-0.1, -0.05) is 36.3 Å². The third-order valence-corrected chi connectivity index (χ3v) is 2.37. The van der Waals surface area contributed by atoms with Crippen molar-refractivity contribution in [2.75, 3.05) is 13.2 Å². The van der Waals surface area contributed by atoms with Gasteiger partial charge in [0.2, 0.25) is 0 Å². The summed E-state index contributed by atoms with van der Waals surface area (Å²) in [5.41, 5.74) is 1.32. The number of aliphatic hydroxyl groups excluding tert-OH is 1. The molecule has 1 atom stereocenters. The number of hydrogen-bond acceptors (Lipinski definition) is 2. The minimum Gasteiger partial charge on any atom is -0.394 e. The van der Waals surface area contributed by atoms with Crippen LogP contribution < -0.4 is 0 Å². The van der Waals surface area contributed by atoms with Crippen molar-refractivity contribution in [2.45, 2.75) is 25.4 Å². The Morgan fingerprint density at radius 1 is 1.31 bits per heavy atom. The Morgan fingerprint density at radius 3 is 2.69 bits per heavy atom. The molecule has 0 bridgehead atoms. The van der Waals surface area contributed by atoms with E-state index < -0.39 is 0 Å². The van der Waals surface area contributed by atoms with Crippen LogP contribution in [0.1, 0.15) is 18.4 Å². The molecule has 0 aliphatic carbocycles. The maximum absolute atomic E-state index is 8.62. The van der Waals surface area contributed by atoms with Gasteiger partial charge in [-0.05, 0) is 24.8 Å². The second-order valence-corrected chi connectivity index (χ2v) is 3.63. The Labute approximate surface area is 97.3 Å². The first-order valence-electron chi connectivity index (χ1n) is 5.59. The minimum atomic E-state index is -0.170. The first-order valence-corrected chi connectivity index (χ1v) is 5.59. The molecular weight excluding hydrogens is 200 g/mol. The van der Waals surface area contributed by atoms with Gasteiger partial charge in [0.15, 0.2) is 0 Å². The molecule has 0 spiro atoms. The molecule has 0 aliphatic rings. The lowest BCUT2D eigenvalue weighted by Crippen LogP contribution is -2.13. The molecule has 0 saturated carbocycles. The van der Waals surface area contributed by atoms with E-state index in [9.17, 15) is 0 Å². The van der Waals surface area contributed by atoms with E-state index in [0.717, 1.165) is 19.3 Å². The van der Waals surface area contributed by atoms with Crippen molar-refractivity contribution in [3.8, 4) is 12.3 Å². The van der Waals surface area contributed by atoms with Crippen LogP contribution in [0, 0.1) is 12.3 Å². The maximum atomic E-state index is 8.62. The van der Waals surface area contributed by atoms with Gasteiger partial charge in [-0.2, -0.15) is 0 Å². The summed E-state index contributed by atoms with van der Waals surface area (Å²) in [6, 6.07) is 10.3. The summed E-state index contributed by atoms with van der Waals surface area (Å²) in [4.78, 5) is 0. The van der Waals surface area contributed by atoms with Crippen LogP contribution in [0.15, 0.2) is 30.3 Å². The van der Waals surface area contributed by atoms with E-state index in [2.05, 4.69) is 18.1 Å². The molecular formula is C14H18O2. The summed E-state index contributed by atoms with van der Waals surface area (Å²) in [6.07, 6.45) is 8.02. The predicted molar refractivity (Wildman–Crippen MR) is 65.0 cm³/mol. The molecule has 1 N–H and O–H groups in total. The fourth-order valence-electron chi connectivity index (χ4n) is 1.55. The van der Waals surface area contributed by atoms with Crippen LogP contribution in [0.4, 0.5) is 0 Å². The summed E-state index contributed by atoms with van der Waals surface area (Å²) >= 11 is 0. The molecule has 0 aliphatic heterocycles. The van der Waals surface area contributed by atoms with Gasteiger partial charge in [0.1, 0.15) is 6.10 Å². The van der Waals surface area contributed by atoms with Gasteiger partial charge < -0.3 is 9.84 Å². The normalized spacial score (nSPS) is 12.0. The van der Waals surface area contributed by atoms with E-state index in [-0.39, 0.29) is 12.7 Å². The van der Waals surface area contributed by atoms with Crippen molar-refractivity contribution >= 4 is 0 Å². The fourth-order valence-corrected chi connectivity index (χ4v) is 1.55. The van der Waals surface area contributed by atoms with Crippen molar-refractivity contribution in [1.29, 1.82) is 0 Å². The van der Waals surface area contributed by atoms with E-state index >= 15 is 0 Å². The molecule has 1 aromatic carbocycles. The van der Waals surface area contributed by atoms with E-state index in [0.29, 0.717) is 6.61 Å². The largest absolute Gasteiger partial charge is 0.394 e. The van der Waals surface area contributed by atoms with Crippen molar-refractivity contribution in [2.24, 2.45) is 0 Å². The maximum Gasteiger partial charge on any atom is 0.118 e. The standard InChI is InChI=1S/C14H18O2/c1-2-14(16-12-11-15)10-6-9-13-7-4-3-5-8-13/h1,3-5,7-8,14-15H,6,9-12H2/t14-/m1/s1. The lowest BCUT2D eigenvalue weighted by Gasteiger charge is -2.10. The minimum absolute atomic E-state index is 0.0247. The fraction of sp³-hybridized carbons (Fsp3) is 0.429. The summed E-state index contributed by atoms with van der Waals surface area (Å²) in [7, 11) is 0. The van der Waals surface area contributed by atoms with Gasteiger partial charge in [-0.25, -0.2) is 0 Å². The molecule has 0 heterocycles. The third kappa shape index (κ3) is 4.97. The number of aryl methyl sites for hydroxylation is 1. The number of ether oxygens (including phenoxy) is 1. The highest BCUT2D eigenvalue weighted by Gasteiger charge is 2.04. The number of rotatable bonds is 7. The molecule has 1 aromatic rings. The zero-order valence-corrected chi connectivity index (χ0v) is 9.43. The molecule has 2 heteroatoms. The van der Waals surface area contributed by atoms with Crippen LogP contribution in [0.2, 0.25) is 0 Å². The number of benzene rings is 1. The SMILES string of the molecule is C#C[C@H](CCCc1ccccc1)OCCO. The summed E-state index contributed by atoms with van der Waals surface area (Å²) in [5, 5.41) is 8.62. The van der Waals surface area contributed by atoms with Crippen molar-refractivity contribution in [3.63, 3.8) is 0 Å². The molecule has 1 rings (SSSR count). The summed E-state index contributed by atoms with van der Waals surface area (Å²) in [6.45, 7) is 0.344. The molecule has 0 amide bonds. The summed E-state index contributed by atoms with van der Waals surface area (Å²) < 4.78 is 5.29. The second-order valence-electron chi connectivity index (χ2n) is 3.63. The first kappa shape index (κ1) is 12.8. The van der Waals surface area contributed by atoms with E-state index in [1.54, 1.807) is 0 Å². The van der Waals surface area contributed by atoms with Crippen LogP contribution in [-0.2, 0) is 11.2 Å². The highest BCUT2D eigenvalue weighted by atomic mass is 16.5. The Hall–Kier alpha value is -1.30. The number of terminal acetylenes is 1. The average molecular weight is 218 g/mol. The topological polar surface area (TPSA) is 29.5 Å². The highest BCUT2D eigenvalue weighted by Crippen LogP contribution is 2.08. The second kappa shape index (κ2) is 7.92. The van der Waals surface area contributed by atoms with Gasteiger partial charge in [0.05, 0.1) is 13.2 Å². The van der Waals surface area contributed by atoms with Gasteiger partial charge in [-0.15, -0.1) is 6.42 Å². The molecule has 0 fully saturated rings. The van der Waals surface area contributed by atoms with Gasteiger partial charge in [0.25, 0.3) is 0 Å². The quantitative estimate of drug-likeness (QED) is 0.709. The summed E-state index contributed by atoms with van der Waals surface area (Å²) in [5.74, 6) is 2.59. The molecule has 0 saturated heterocycles. The van der Waals surface area contributed by atoms with Gasteiger partial charge in [0, 0.05) is 0 Å². The van der Waals surface area contributed by atoms with Crippen LogP contribution in [0.3, 0.4) is 0 Å². The van der Waals surface area contributed by atoms with Crippen molar-refractivity contribution in [1.82, 2.24) is 0 Å². The molecule has 86 valence electrons. The lowest BCUT2D eigenvalue weighted by molar-refractivity contribution is 0.0544. The Morgan fingerprint density at radius 2 is 2.06 bits per heavy atom. The van der Waals surface area contributed by atoms with E-state index in [1.165, 1.54) is 5.56 Å². The zero-order chi connectivity index (χ0) is 11.6. The average Bonchev–Trinajstić information content (AvgIpc) is 2.35. The van der Waals surface area contributed by atoms with Gasteiger partial charge in [-0.3, -0.25) is 0 Å². The van der Waals surface area contributed by atoms with Crippen LogP contribution in [0.25, 0.3) is 0 Å². The number of aliphatic hydroxyl groups is 1. The lowest BCUT2D eigenvalue weighted by atomic mass is 10.1. The van der Waals surface area contributed by atoms with E-state index in [1.807, 2.05) is 18.2 Å². The molecule has 0 unspecified atom stereocenters. The van der Waals surface area contributed by atoms with Crippen LogP contribution in [-0.4, -0.2) is 24.4 Å². The molecule has 0 radical (unpaired) electrons. The molecule has 16 heavy (non-hydrogen) atoms. The third-order valence-electron chi connectivity index (χ3n) is 2.37. The first-order chi connectivity index (χ1) is 7.86. The van der Waals surface area contributed by atoms with Crippen molar-refractivity contribution in [3.05, 3.63) is 35.9 Å². The Balaban J connectivity index is 2.21. The van der Waals surface area contributed by atoms with Crippen LogP contribution in [0.5, 0.6) is 0 Å². The molecule has 0 aromatic heterocycles. The Kier molecular flexibility index (Phi) is 6.32. The highest BCUT2D eigenvalue weighted by molar-refractivity contribution is 5.14. The zero-order valence-electron chi connectivity index (χ0n) is 9.43. The van der Waals surface area contributed by atoms with Crippen LogP contribution >= 0.6 is 0 Å². The predicted octanol–water partition coefficient (Wildman–Crippen LogP) is 2.02.